The van der Waals surface area contributed by atoms with Gasteiger partial charge in [0.15, 0.2) is 0 Å². The van der Waals surface area contributed by atoms with Crippen molar-refractivity contribution in [3.63, 3.8) is 0 Å². The Kier molecular flexibility index (Phi) is 4.25. The van der Waals surface area contributed by atoms with E-state index in [-0.39, 0.29) is 0 Å². The van der Waals surface area contributed by atoms with Crippen LogP contribution < -0.4 is 0 Å². The second kappa shape index (κ2) is 3.60. The standard InChI is InChI=1S/C4H6Cl6Si/c1-3(2,5)11(9,10)4(6,7)8/h1-2H3. The van der Waals surface area contributed by atoms with Crippen molar-refractivity contribution in [2.75, 3.05) is 0 Å². The molecular weight excluding hydrogens is 289 g/mol. The first-order chi connectivity index (χ1) is 4.50. The largest absolute Gasteiger partial charge is 0.323 e. The fourth-order valence-corrected chi connectivity index (χ4v) is 4.00. The highest BCUT2D eigenvalue weighted by atomic mass is 35.7. The van der Waals surface area contributed by atoms with Crippen molar-refractivity contribution in [3.05, 3.63) is 0 Å². The molecule has 0 aromatic heterocycles. The van der Waals surface area contributed by atoms with E-state index >= 15 is 0 Å². The molecule has 0 saturated carbocycles. The van der Waals surface area contributed by atoms with E-state index in [9.17, 15) is 0 Å². The van der Waals surface area contributed by atoms with Crippen LogP contribution in [-0.2, 0) is 0 Å². The van der Waals surface area contributed by atoms with Crippen molar-refractivity contribution in [2.45, 2.75) is 21.8 Å². The second-order valence-electron chi connectivity index (χ2n) is 2.54. The summed E-state index contributed by atoms with van der Waals surface area (Å²) in [6.45, 7) is 0.155. The molecule has 11 heavy (non-hydrogen) atoms. The van der Waals surface area contributed by atoms with Gasteiger partial charge in [0.2, 0.25) is 3.42 Å². The highest BCUT2D eigenvalue weighted by Gasteiger charge is 2.59. The number of hydrogen-bond donors (Lipinski definition) is 0. The molecule has 0 aliphatic carbocycles. The van der Waals surface area contributed by atoms with Crippen LogP contribution in [-0.4, -0.2) is 14.6 Å². The van der Waals surface area contributed by atoms with Gasteiger partial charge in [-0.2, -0.15) is 0 Å². The summed E-state index contributed by atoms with van der Waals surface area (Å²) in [7, 11) is 0. The van der Waals surface area contributed by atoms with E-state index in [0.717, 1.165) is 0 Å². The maximum Gasteiger partial charge on any atom is 0.323 e. The Labute approximate surface area is 96.4 Å². The van der Waals surface area contributed by atoms with E-state index in [0.29, 0.717) is 0 Å². The molecule has 0 spiro atoms. The third-order valence-electron chi connectivity index (χ3n) is 1.10. The Bertz CT molecular complexity index is 126. The lowest BCUT2D eigenvalue weighted by Crippen LogP contribution is -2.52. The summed E-state index contributed by atoms with van der Waals surface area (Å²) >= 11 is 34.2. The molecule has 0 radical (unpaired) electrons. The molecule has 0 fully saturated rings. The fraction of sp³-hybridized carbons (Fsp3) is 1.00. The molecule has 0 aromatic rings. The SMILES string of the molecule is CC(C)(Cl)[Si](Cl)(Cl)C(Cl)(Cl)Cl. The Balaban J connectivity index is 4.75. The van der Waals surface area contributed by atoms with Crippen LogP contribution in [0.15, 0.2) is 0 Å². The molecule has 0 N–H and O–H groups in total. The van der Waals surface area contributed by atoms with Crippen LogP contribution in [0.5, 0.6) is 0 Å². The predicted octanol–water partition coefficient (Wildman–Crippen LogP) is 4.37. The zero-order chi connectivity index (χ0) is 9.50. The van der Waals surface area contributed by atoms with Gasteiger partial charge in [-0.3, -0.25) is 0 Å². The lowest BCUT2D eigenvalue weighted by molar-refractivity contribution is 0.954. The van der Waals surface area contributed by atoms with Gasteiger partial charge in [-0.15, -0.1) is 33.8 Å². The van der Waals surface area contributed by atoms with E-state index < -0.39 is 14.6 Å². The summed E-state index contributed by atoms with van der Waals surface area (Å²) < 4.78 is -2.54. The molecule has 0 aromatic carbocycles. The topological polar surface area (TPSA) is 0 Å². The molecule has 0 heterocycles. The first-order valence-corrected chi connectivity index (χ1v) is 8.17. The first-order valence-electron chi connectivity index (χ1n) is 2.63. The third-order valence-corrected chi connectivity index (χ3v) is 13.6. The lowest BCUT2D eigenvalue weighted by Gasteiger charge is -2.34. The Morgan fingerprint density at radius 1 is 0.909 bits per heavy atom. The molecule has 0 aliphatic rings. The Morgan fingerprint density at radius 2 is 1.18 bits per heavy atom. The summed E-state index contributed by atoms with van der Waals surface area (Å²) in [6, 6.07) is 0. The van der Waals surface area contributed by atoms with Gasteiger partial charge in [0.1, 0.15) is 0 Å². The van der Waals surface area contributed by atoms with Gasteiger partial charge >= 0.3 is 6.69 Å². The van der Waals surface area contributed by atoms with Gasteiger partial charge in [-0.25, -0.2) is 0 Å². The van der Waals surface area contributed by atoms with Crippen LogP contribution in [0.3, 0.4) is 0 Å². The molecule has 0 bridgehead atoms. The van der Waals surface area contributed by atoms with Crippen molar-refractivity contribution >= 4 is 75.3 Å². The van der Waals surface area contributed by atoms with Gasteiger partial charge in [-0.1, -0.05) is 34.8 Å². The Morgan fingerprint density at radius 3 is 1.18 bits per heavy atom. The second-order valence-corrected chi connectivity index (χ2v) is 14.2. The molecule has 0 amide bonds. The molecule has 0 unspecified atom stereocenters. The van der Waals surface area contributed by atoms with Crippen LogP contribution in [0, 0.1) is 0 Å². The van der Waals surface area contributed by atoms with Gasteiger partial charge in [0, 0.05) is 0 Å². The van der Waals surface area contributed by atoms with Crippen molar-refractivity contribution in [3.8, 4) is 0 Å². The smallest absolute Gasteiger partial charge is 0.139 e. The quantitative estimate of drug-likeness (QED) is 0.383. The van der Waals surface area contributed by atoms with Crippen LogP contribution in [0.2, 0.25) is 0 Å². The van der Waals surface area contributed by atoms with E-state index in [1.54, 1.807) is 13.8 Å². The summed E-state index contributed by atoms with van der Waals surface area (Å²) in [5, 5.41) is 0. The summed E-state index contributed by atoms with van der Waals surface area (Å²) in [4.78, 5) is 0. The van der Waals surface area contributed by atoms with Crippen molar-refractivity contribution in [2.24, 2.45) is 0 Å². The monoisotopic (exact) mass is 292 g/mol. The minimum Gasteiger partial charge on any atom is -0.139 e. The number of alkyl halides is 4. The zero-order valence-electron chi connectivity index (χ0n) is 5.77. The molecule has 0 aliphatic heterocycles. The highest BCUT2D eigenvalue weighted by molar-refractivity contribution is 7.54. The van der Waals surface area contributed by atoms with Crippen molar-refractivity contribution < 1.29 is 0 Å². The summed E-state index contributed by atoms with van der Waals surface area (Å²) in [5.74, 6) is 0. The Hall–Kier alpha value is 1.96. The first kappa shape index (κ1) is 13.0. The molecule has 68 valence electrons. The van der Waals surface area contributed by atoms with Crippen LogP contribution in [0.25, 0.3) is 0 Å². The number of halogens is 6. The maximum absolute atomic E-state index is 5.86. The molecule has 0 rings (SSSR count). The van der Waals surface area contributed by atoms with Crippen LogP contribution in [0.4, 0.5) is 0 Å². The summed E-state index contributed by atoms with van der Waals surface area (Å²) in [5.41, 5.74) is 0. The number of hydrogen-bond acceptors (Lipinski definition) is 0. The average Bonchev–Trinajstić information content (AvgIpc) is 1.58. The highest BCUT2D eigenvalue weighted by Crippen LogP contribution is 2.49. The number of rotatable bonds is 1. The van der Waals surface area contributed by atoms with Gasteiger partial charge < -0.3 is 0 Å². The molecule has 0 nitrogen and oxygen atoms in total. The minimum absolute atomic E-state index is 0.874. The maximum atomic E-state index is 5.86. The van der Waals surface area contributed by atoms with E-state index in [1.807, 2.05) is 0 Å². The third kappa shape index (κ3) is 2.98. The van der Waals surface area contributed by atoms with E-state index in [1.165, 1.54) is 0 Å². The van der Waals surface area contributed by atoms with Gasteiger partial charge in [0.25, 0.3) is 0 Å². The zero-order valence-corrected chi connectivity index (χ0v) is 11.3. The van der Waals surface area contributed by atoms with Gasteiger partial charge in [0.05, 0.1) is 4.50 Å². The van der Waals surface area contributed by atoms with Crippen molar-refractivity contribution in [1.82, 2.24) is 0 Å². The van der Waals surface area contributed by atoms with E-state index in [2.05, 4.69) is 0 Å². The van der Waals surface area contributed by atoms with Gasteiger partial charge in [-0.05, 0) is 13.8 Å². The average molecular weight is 295 g/mol. The lowest BCUT2D eigenvalue weighted by atomic mass is 10.5. The minimum atomic E-state index is -3.10. The normalized spacial score (nSPS) is 15.3. The van der Waals surface area contributed by atoms with Crippen LogP contribution >= 0.6 is 68.6 Å². The van der Waals surface area contributed by atoms with E-state index in [4.69, 9.17) is 68.6 Å². The molecule has 0 atom stereocenters. The molecule has 7 heteroatoms. The summed E-state index contributed by atoms with van der Waals surface area (Å²) in [6.07, 6.45) is 0. The van der Waals surface area contributed by atoms with Crippen molar-refractivity contribution in [1.29, 1.82) is 0 Å². The molecular formula is C4H6Cl6Si. The fourth-order valence-electron chi connectivity index (χ4n) is 0.337. The predicted molar refractivity (Wildman–Crippen MR) is 57.7 cm³/mol. The van der Waals surface area contributed by atoms with Crippen LogP contribution in [0.1, 0.15) is 13.8 Å². The molecule has 0 saturated heterocycles.